The van der Waals surface area contributed by atoms with Gasteiger partial charge in [-0.15, -0.1) is 0 Å². The minimum Gasteiger partial charge on any atom is -0.464 e. The van der Waals surface area contributed by atoms with E-state index < -0.39 is 0 Å². The van der Waals surface area contributed by atoms with Crippen LogP contribution in [0.5, 0.6) is 0 Å². The lowest BCUT2D eigenvalue weighted by molar-refractivity contribution is 0.112. The number of furan rings is 1. The standard InChI is InChI=1S/C15H16O3/c1-9-3-2-4-12-10(6-16)5-13-11(7-17)8-18-15(13)14(9)12/h5-6,8-9,17H,2-4,7H2,1H3. The van der Waals surface area contributed by atoms with Crippen LogP contribution in [-0.2, 0) is 13.0 Å². The fourth-order valence-corrected chi connectivity index (χ4v) is 3.06. The van der Waals surface area contributed by atoms with Gasteiger partial charge in [0.15, 0.2) is 0 Å². The molecule has 18 heavy (non-hydrogen) atoms. The van der Waals surface area contributed by atoms with E-state index in [0.29, 0.717) is 5.92 Å². The molecule has 94 valence electrons. The van der Waals surface area contributed by atoms with Gasteiger partial charge in [0.1, 0.15) is 11.9 Å². The molecule has 1 aromatic heterocycles. The monoisotopic (exact) mass is 244 g/mol. The summed E-state index contributed by atoms with van der Waals surface area (Å²) < 4.78 is 5.63. The Hall–Kier alpha value is -1.61. The van der Waals surface area contributed by atoms with Gasteiger partial charge in [0.05, 0.1) is 12.9 Å². The zero-order valence-electron chi connectivity index (χ0n) is 10.4. The Bertz CT molecular complexity index is 610. The summed E-state index contributed by atoms with van der Waals surface area (Å²) in [4.78, 5) is 11.3. The molecule has 0 bridgehead atoms. The van der Waals surface area contributed by atoms with E-state index in [1.807, 2.05) is 6.07 Å². The molecule has 1 atom stereocenters. The van der Waals surface area contributed by atoms with Crippen LogP contribution in [0.3, 0.4) is 0 Å². The van der Waals surface area contributed by atoms with Crippen molar-refractivity contribution in [3.63, 3.8) is 0 Å². The fourth-order valence-electron chi connectivity index (χ4n) is 3.06. The third-order valence-corrected chi connectivity index (χ3v) is 3.98. The lowest BCUT2D eigenvalue weighted by Crippen LogP contribution is -2.10. The molecule has 3 heteroatoms. The summed E-state index contributed by atoms with van der Waals surface area (Å²) >= 11 is 0. The molecule has 0 aliphatic heterocycles. The van der Waals surface area contributed by atoms with Crippen molar-refractivity contribution in [2.75, 3.05) is 0 Å². The van der Waals surface area contributed by atoms with Gasteiger partial charge in [-0.3, -0.25) is 4.79 Å². The van der Waals surface area contributed by atoms with Crippen molar-refractivity contribution in [3.8, 4) is 0 Å². The van der Waals surface area contributed by atoms with Crippen molar-refractivity contribution in [2.24, 2.45) is 0 Å². The van der Waals surface area contributed by atoms with Crippen LogP contribution in [-0.4, -0.2) is 11.4 Å². The minimum atomic E-state index is -0.0571. The average molecular weight is 244 g/mol. The van der Waals surface area contributed by atoms with Crippen molar-refractivity contribution in [1.82, 2.24) is 0 Å². The molecule has 1 unspecified atom stereocenters. The first kappa shape index (κ1) is 11.5. The molecule has 1 aromatic carbocycles. The average Bonchev–Trinajstić information content (AvgIpc) is 2.80. The fraction of sp³-hybridized carbons (Fsp3) is 0.400. The highest BCUT2D eigenvalue weighted by atomic mass is 16.3. The molecule has 3 rings (SSSR count). The first-order valence-electron chi connectivity index (χ1n) is 6.38. The van der Waals surface area contributed by atoms with Crippen molar-refractivity contribution in [3.05, 3.63) is 34.6 Å². The number of carbonyl (C=O) groups is 1. The highest BCUT2D eigenvalue weighted by Crippen LogP contribution is 2.39. The Morgan fingerprint density at radius 3 is 3.11 bits per heavy atom. The van der Waals surface area contributed by atoms with Crippen LogP contribution < -0.4 is 0 Å². The highest BCUT2D eigenvalue weighted by molar-refractivity contribution is 5.93. The lowest BCUT2D eigenvalue weighted by atomic mass is 9.80. The van der Waals surface area contributed by atoms with Crippen LogP contribution >= 0.6 is 0 Å². The Morgan fingerprint density at radius 1 is 1.56 bits per heavy atom. The Labute approximate surface area is 105 Å². The predicted octanol–water partition coefficient (Wildman–Crippen LogP) is 3.18. The van der Waals surface area contributed by atoms with Crippen molar-refractivity contribution >= 4 is 17.3 Å². The number of hydrogen-bond acceptors (Lipinski definition) is 3. The number of aliphatic hydroxyl groups excluding tert-OH is 1. The summed E-state index contributed by atoms with van der Waals surface area (Å²) in [5, 5.41) is 10.2. The van der Waals surface area contributed by atoms with E-state index in [1.54, 1.807) is 6.26 Å². The molecule has 1 aliphatic rings. The molecule has 3 nitrogen and oxygen atoms in total. The number of aldehydes is 1. The number of fused-ring (bicyclic) bond motifs is 3. The van der Waals surface area contributed by atoms with Crippen molar-refractivity contribution in [2.45, 2.75) is 38.7 Å². The summed E-state index contributed by atoms with van der Waals surface area (Å²) in [6.45, 7) is 2.12. The SMILES string of the molecule is CC1CCCc2c(C=O)cc3c(CO)coc3c21. The molecule has 1 aliphatic carbocycles. The van der Waals surface area contributed by atoms with Gasteiger partial charge < -0.3 is 9.52 Å². The highest BCUT2D eigenvalue weighted by Gasteiger charge is 2.24. The van der Waals surface area contributed by atoms with Gasteiger partial charge in [0.25, 0.3) is 0 Å². The molecular weight excluding hydrogens is 228 g/mol. The molecule has 0 spiro atoms. The predicted molar refractivity (Wildman–Crippen MR) is 68.9 cm³/mol. The van der Waals surface area contributed by atoms with Gasteiger partial charge in [0.2, 0.25) is 0 Å². The Kier molecular flexibility index (Phi) is 2.71. The quantitative estimate of drug-likeness (QED) is 0.825. The second kappa shape index (κ2) is 4.25. The van der Waals surface area contributed by atoms with E-state index in [9.17, 15) is 9.90 Å². The zero-order valence-corrected chi connectivity index (χ0v) is 10.4. The molecular formula is C15H16O3. The number of carbonyl (C=O) groups excluding carboxylic acids is 1. The van der Waals surface area contributed by atoms with Gasteiger partial charge >= 0.3 is 0 Å². The third kappa shape index (κ3) is 1.51. The van der Waals surface area contributed by atoms with Crippen molar-refractivity contribution in [1.29, 1.82) is 0 Å². The Balaban J connectivity index is 2.39. The lowest BCUT2D eigenvalue weighted by Gasteiger charge is -2.23. The number of aliphatic hydroxyl groups is 1. The molecule has 1 N–H and O–H groups in total. The normalized spacial score (nSPS) is 18.9. The second-order valence-corrected chi connectivity index (χ2v) is 5.06. The molecule has 1 heterocycles. The van der Waals surface area contributed by atoms with Crippen LogP contribution in [0.25, 0.3) is 11.0 Å². The van der Waals surface area contributed by atoms with Crippen LogP contribution in [0.1, 0.15) is 52.7 Å². The Morgan fingerprint density at radius 2 is 2.39 bits per heavy atom. The maximum absolute atomic E-state index is 11.3. The van der Waals surface area contributed by atoms with Crippen LogP contribution in [0.4, 0.5) is 0 Å². The van der Waals surface area contributed by atoms with Gasteiger partial charge in [-0.2, -0.15) is 0 Å². The zero-order chi connectivity index (χ0) is 12.7. The summed E-state index contributed by atoms with van der Waals surface area (Å²) in [5.41, 5.74) is 4.66. The van der Waals surface area contributed by atoms with E-state index in [0.717, 1.165) is 53.2 Å². The summed E-state index contributed by atoms with van der Waals surface area (Å²) in [5.74, 6) is 0.411. The first-order chi connectivity index (χ1) is 8.76. The molecule has 0 radical (unpaired) electrons. The maximum Gasteiger partial charge on any atom is 0.150 e. The molecule has 0 fully saturated rings. The van der Waals surface area contributed by atoms with Gasteiger partial charge in [0, 0.05) is 22.1 Å². The topological polar surface area (TPSA) is 50.4 Å². The minimum absolute atomic E-state index is 0.0571. The smallest absolute Gasteiger partial charge is 0.150 e. The van der Waals surface area contributed by atoms with E-state index in [1.165, 1.54) is 5.56 Å². The molecule has 0 amide bonds. The molecule has 2 aromatic rings. The van der Waals surface area contributed by atoms with Gasteiger partial charge in [-0.1, -0.05) is 6.92 Å². The summed E-state index contributed by atoms with van der Waals surface area (Å²) in [7, 11) is 0. The first-order valence-corrected chi connectivity index (χ1v) is 6.38. The van der Waals surface area contributed by atoms with E-state index in [-0.39, 0.29) is 6.61 Å². The summed E-state index contributed by atoms with van der Waals surface area (Å²) in [6, 6.07) is 1.86. The number of rotatable bonds is 2. The third-order valence-electron chi connectivity index (χ3n) is 3.98. The van der Waals surface area contributed by atoms with E-state index in [2.05, 4.69) is 6.92 Å². The van der Waals surface area contributed by atoms with Crippen molar-refractivity contribution < 1.29 is 14.3 Å². The van der Waals surface area contributed by atoms with Gasteiger partial charge in [-0.05, 0) is 36.8 Å². The molecule has 0 saturated heterocycles. The van der Waals surface area contributed by atoms with Crippen LogP contribution in [0, 0.1) is 0 Å². The van der Waals surface area contributed by atoms with Crippen LogP contribution in [0.2, 0.25) is 0 Å². The number of hydrogen-bond donors (Lipinski definition) is 1. The molecule has 0 saturated carbocycles. The maximum atomic E-state index is 11.3. The largest absolute Gasteiger partial charge is 0.464 e. The van der Waals surface area contributed by atoms with Gasteiger partial charge in [-0.25, -0.2) is 0 Å². The number of benzene rings is 1. The van der Waals surface area contributed by atoms with Crippen LogP contribution in [0.15, 0.2) is 16.7 Å². The van der Waals surface area contributed by atoms with E-state index >= 15 is 0 Å². The summed E-state index contributed by atoms with van der Waals surface area (Å²) in [6.07, 6.45) is 5.71. The second-order valence-electron chi connectivity index (χ2n) is 5.06. The van der Waals surface area contributed by atoms with E-state index in [4.69, 9.17) is 4.42 Å².